The quantitative estimate of drug-likeness (QED) is 0.272. The van der Waals surface area contributed by atoms with E-state index < -0.39 is 17.4 Å². The molecule has 3 aromatic heterocycles. The lowest BCUT2D eigenvalue weighted by molar-refractivity contribution is 0.0186. The number of nitrogens with zero attached hydrogens (tertiary/aromatic N) is 5. The van der Waals surface area contributed by atoms with E-state index in [1.165, 1.54) is 20.5 Å². The summed E-state index contributed by atoms with van der Waals surface area (Å²) < 4.78 is 19.3. The van der Waals surface area contributed by atoms with Gasteiger partial charge in [-0.25, -0.2) is 9.59 Å². The van der Waals surface area contributed by atoms with Crippen molar-refractivity contribution in [3.05, 3.63) is 69.0 Å². The van der Waals surface area contributed by atoms with Gasteiger partial charge in [0.1, 0.15) is 23.6 Å². The van der Waals surface area contributed by atoms with Gasteiger partial charge in [0, 0.05) is 30.6 Å². The van der Waals surface area contributed by atoms with E-state index in [9.17, 15) is 14.4 Å². The van der Waals surface area contributed by atoms with Crippen molar-refractivity contribution >= 4 is 27.6 Å². The maximum absolute atomic E-state index is 14.0. The molecule has 0 atom stereocenters. The summed E-state index contributed by atoms with van der Waals surface area (Å²) in [5, 5.41) is 4.44. The Labute approximate surface area is 241 Å². The van der Waals surface area contributed by atoms with Gasteiger partial charge < -0.3 is 18.9 Å². The first-order valence-electron chi connectivity index (χ1n) is 13.9. The smallest absolute Gasteiger partial charge is 0.410 e. The molecule has 1 aliphatic rings. The summed E-state index contributed by atoms with van der Waals surface area (Å²) >= 11 is 1.38. The SMILES string of the molecule is CCCOCc1noc(Cn2c(=O)n(C3CCN(C(=O)OC(C)(C)C)CC3)c(=O)c3cc(-c4ccccc4)sc32)n1. The van der Waals surface area contributed by atoms with E-state index in [1.807, 2.05) is 64.1 Å². The summed E-state index contributed by atoms with van der Waals surface area (Å²) in [6, 6.07) is 11.2. The van der Waals surface area contributed by atoms with Crippen molar-refractivity contribution in [2.45, 2.75) is 71.8 Å². The number of piperidine rings is 1. The highest BCUT2D eigenvalue weighted by molar-refractivity contribution is 7.21. The number of aromatic nitrogens is 4. The van der Waals surface area contributed by atoms with Gasteiger partial charge in [-0.05, 0) is 51.7 Å². The fourth-order valence-corrected chi connectivity index (χ4v) is 6.01. The van der Waals surface area contributed by atoms with Crippen LogP contribution in [0.25, 0.3) is 20.7 Å². The van der Waals surface area contributed by atoms with Gasteiger partial charge in [0.15, 0.2) is 5.82 Å². The summed E-state index contributed by atoms with van der Waals surface area (Å²) in [7, 11) is 0. The second-order valence-electron chi connectivity index (χ2n) is 11.1. The molecule has 1 aromatic carbocycles. The molecule has 4 aromatic rings. The van der Waals surface area contributed by atoms with Crippen molar-refractivity contribution in [1.29, 1.82) is 0 Å². The number of carbonyl (C=O) groups is 1. The maximum Gasteiger partial charge on any atom is 0.410 e. The van der Waals surface area contributed by atoms with E-state index >= 15 is 0 Å². The lowest BCUT2D eigenvalue weighted by atomic mass is 10.0. The molecule has 41 heavy (non-hydrogen) atoms. The Hall–Kier alpha value is -3.77. The summed E-state index contributed by atoms with van der Waals surface area (Å²) in [6.07, 6.45) is 1.39. The molecule has 1 aliphatic heterocycles. The van der Waals surface area contributed by atoms with Gasteiger partial charge in [0.2, 0.25) is 5.89 Å². The Balaban J connectivity index is 1.50. The van der Waals surface area contributed by atoms with Crippen LogP contribution in [0, 0.1) is 0 Å². The largest absolute Gasteiger partial charge is 0.444 e. The molecule has 1 amide bonds. The maximum atomic E-state index is 14.0. The molecule has 5 rings (SSSR count). The Morgan fingerprint density at radius 2 is 1.88 bits per heavy atom. The van der Waals surface area contributed by atoms with E-state index in [1.54, 1.807) is 4.90 Å². The fraction of sp³-hybridized carbons (Fsp3) is 0.483. The Morgan fingerprint density at radius 1 is 1.15 bits per heavy atom. The number of hydrogen-bond donors (Lipinski definition) is 0. The van der Waals surface area contributed by atoms with Crippen molar-refractivity contribution in [3.63, 3.8) is 0 Å². The molecule has 0 unspecified atom stereocenters. The molecule has 0 spiro atoms. The minimum absolute atomic E-state index is 0.0158. The monoisotopic (exact) mass is 581 g/mol. The molecule has 0 saturated carbocycles. The third-order valence-electron chi connectivity index (χ3n) is 6.77. The predicted molar refractivity (Wildman–Crippen MR) is 155 cm³/mol. The van der Waals surface area contributed by atoms with Crippen molar-refractivity contribution < 1.29 is 18.8 Å². The molecule has 11 nitrogen and oxygen atoms in total. The molecular formula is C29H35N5O6S. The standard InChI is InChI=1S/C29H35N5O6S/c1-5-15-38-18-23-30-24(40-31-23)17-33-26-21(16-22(41-26)19-9-7-6-8-10-19)25(35)34(27(33)36)20-11-13-32(14-12-20)28(37)39-29(2,3)4/h6-10,16,20H,5,11-15,17-18H2,1-4H3. The van der Waals surface area contributed by atoms with Crippen molar-refractivity contribution in [2.75, 3.05) is 19.7 Å². The summed E-state index contributed by atoms with van der Waals surface area (Å²) in [5.74, 6) is 0.653. The van der Waals surface area contributed by atoms with Gasteiger partial charge in [0.25, 0.3) is 5.56 Å². The number of hydrogen-bond acceptors (Lipinski definition) is 9. The average Bonchev–Trinajstić information content (AvgIpc) is 3.59. The summed E-state index contributed by atoms with van der Waals surface area (Å²) in [5.41, 5.74) is -0.427. The second kappa shape index (κ2) is 12.0. The highest BCUT2D eigenvalue weighted by Gasteiger charge is 2.30. The molecule has 0 bridgehead atoms. The van der Waals surface area contributed by atoms with Gasteiger partial charge in [-0.2, -0.15) is 4.98 Å². The van der Waals surface area contributed by atoms with Crippen LogP contribution in [0.1, 0.15) is 64.7 Å². The van der Waals surface area contributed by atoms with Crippen LogP contribution in [0.2, 0.25) is 0 Å². The number of ether oxygens (including phenoxy) is 2. The Bertz CT molecular complexity index is 1620. The zero-order valence-corrected chi connectivity index (χ0v) is 24.6. The molecule has 0 radical (unpaired) electrons. The number of rotatable bonds is 8. The van der Waals surface area contributed by atoms with Crippen LogP contribution >= 0.6 is 11.3 Å². The van der Waals surface area contributed by atoms with E-state index in [2.05, 4.69) is 10.1 Å². The third-order valence-corrected chi connectivity index (χ3v) is 7.97. The first kappa shape index (κ1) is 28.7. The predicted octanol–water partition coefficient (Wildman–Crippen LogP) is 4.82. The second-order valence-corrected chi connectivity index (χ2v) is 12.1. The Kier molecular flexibility index (Phi) is 8.41. The van der Waals surface area contributed by atoms with Crippen LogP contribution in [0.3, 0.4) is 0 Å². The van der Waals surface area contributed by atoms with Crippen LogP contribution in [0.5, 0.6) is 0 Å². The van der Waals surface area contributed by atoms with Gasteiger partial charge in [-0.1, -0.05) is 42.4 Å². The summed E-state index contributed by atoms with van der Waals surface area (Å²) in [6.45, 7) is 9.06. The molecule has 12 heteroatoms. The lowest BCUT2D eigenvalue weighted by Crippen LogP contribution is -2.47. The van der Waals surface area contributed by atoms with E-state index in [0.29, 0.717) is 48.6 Å². The number of carbonyl (C=O) groups excluding carboxylic acids is 1. The van der Waals surface area contributed by atoms with Gasteiger partial charge >= 0.3 is 11.8 Å². The normalized spacial score (nSPS) is 14.6. The van der Waals surface area contributed by atoms with Crippen LogP contribution in [0.4, 0.5) is 4.79 Å². The first-order valence-corrected chi connectivity index (χ1v) is 14.7. The highest BCUT2D eigenvalue weighted by atomic mass is 32.1. The van der Waals surface area contributed by atoms with E-state index in [0.717, 1.165) is 16.9 Å². The molecule has 218 valence electrons. The molecular weight excluding hydrogens is 546 g/mol. The zero-order valence-electron chi connectivity index (χ0n) is 23.8. The average molecular weight is 582 g/mol. The number of thiophene rings is 1. The minimum atomic E-state index is -0.601. The number of likely N-dealkylation sites (tertiary alicyclic amines) is 1. The van der Waals surface area contributed by atoms with Crippen LogP contribution < -0.4 is 11.2 Å². The van der Waals surface area contributed by atoms with Crippen LogP contribution in [-0.4, -0.2) is 55.6 Å². The van der Waals surface area contributed by atoms with E-state index in [-0.39, 0.29) is 30.6 Å². The van der Waals surface area contributed by atoms with E-state index in [4.69, 9.17) is 14.0 Å². The topological polar surface area (TPSA) is 122 Å². The van der Waals surface area contributed by atoms with Crippen LogP contribution in [-0.2, 0) is 22.6 Å². The molecule has 0 aliphatic carbocycles. The highest BCUT2D eigenvalue weighted by Crippen LogP contribution is 2.32. The third kappa shape index (κ3) is 6.43. The number of fused-ring (bicyclic) bond motifs is 1. The first-order chi connectivity index (χ1) is 19.6. The lowest BCUT2D eigenvalue weighted by Gasteiger charge is -2.34. The molecule has 1 fully saturated rings. The van der Waals surface area contributed by atoms with Gasteiger partial charge in [-0.3, -0.25) is 13.9 Å². The van der Waals surface area contributed by atoms with Gasteiger partial charge in [0.05, 0.1) is 5.39 Å². The Morgan fingerprint density at radius 3 is 2.56 bits per heavy atom. The number of benzene rings is 1. The zero-order chi connectivity index (χ0) is 29.1. The van der Waals surface area contributed by atoms with Crippen molar-refractivity contribution in [3.8, 4) is 10.4 Å². The molecule has 4 heterocycles. The van der Waals surface area contributed by atoms with Gasteiger partial charge in [-0.15, -0.1) is 11.3 Å². The summed E-state index contributed by atoms with van der Waals surface area (Å²) in [4.78, 5) is 47.9. The minimum Gasteiger partial charge on any atom is -0.444 e. The van der Waals surface area contributed by atoms with Crippen molar-refractivity contribution in [1.82, 2.24) is 24.2 Å². The molecule has 1 saturated heterocycles. The van der Waals surface area contributed by atoms with Crippen LogP contribution in [0.15, 0.2) is 50.5 Å². The fourth-order valence-electron chi connectivity index (χ4n) is 4.86. The molecule has 0 N–H and O–H groups in total. The van der Waals surface area contributed by atoms with Crippen molar-refractivity contribution in [2.24, 2.45) is 0 Å². The number of amides is 1.